The molecule has 29 heavy (non-hydrogen) atoms. The SMILES string of the molecule is CCCCN(Cc1cccn1C)C(=O)CN(C(=O)Nc1cccc(Br)c1)C1CC1. The van der Waals surface area contributed by atoms with Gasteiger partial charge in [0.05, 0.1) is 6.54 Å². The van der Waals surface area contributed by atoms with Gasteiger partial charge in [-0.2, -0.15) is 0 Å². The van der Waals surface area contributed by atoms with Crippen LogP contribution in [-0.2, 0) is 18.4 Å². The highest BCUT2D eigenvalue weighted by molar-refractivity contribution is 9.10. The molecule has 6 nitrogen and oxygen atoms in total. The number of rotatable bonds is 9. The number of halogens is 1. The molecular weight excluding hydrogens is 432 g/mol. The second-order valence-corrected chi connectivity index (χ2v) is 8.49. The number of aromatic nitrogens is 1. The number of nitrogens with zero attached hydrogens (tertiary/aromatic N) is 3. The first kappa shape index (κ1) is 21.4. The molecule has 0 saturated heterocycles. The van der Waals surface area contributed by atoms with Crippen molar-refractivity contribution in [2.75, 3.05) is 18.4 Å². The van der Waals surface area contributed by atoms with Crippen LogP contribution < -0.4 is 5.32 Å². The summed E-state index contributed by atoms with van der Waals surface area (Å²) in [5.74, 6) is -0.00376. The Morgan fingerprint density at radius 2 is 2.03 bits per heavy atom. The fourth-order valence-corrected chi connectivity index (χ4v) is 3.66. The van der Waals surface area contributed by atoms with E-state index in [2.05, 4.69) is 28.2 Å². The predicted octanol–water partition coefficient (Wildman–Crippen LogP) is 4.61. The molecule has 7 heteroatoms. The molecule has 3 amide bonds. The molecule has 0 atom stereocenters. The number of carbonyl (C=O) groups is 2. The van der Waals surface area contributed by atoms with Gasteiger partial charge in [0.25, 0.3) is 0 Å². The van der Waals surface area contributed by atoms with E-state index in [4.69, 9.17) is 0 Å². The van der Waals surface area contributed by atoms with Crippen molar-refractivity contribution >= 4 is 33.6 Å². The first-order valence-electron chi connectivity index (χ1n) is 10.2. The molecule has 156 valence electrons. The van der Waals surface area contributed by atoms with Gasteiger partial charge in [-0.25, -0.2) is 4.79 Å². The second-order valence-electron chi connectivity index (χ2n) is 7.58. The summed E-state index contributed by atoms with van der Waals surface area (Å²) in [6.07, 6.45) is 5.86. The van der Waals surface area contributed by atoms with Crippen LogP contribution in [0.3, 0.4) is 0 Å². The average Bonchev–Trinajstić information content (AvgIpc) is 3.45. The maximum Gasteiger partial charge on any atom is 0.322 e. The number of carbonyl (C=O) groups excluding carboxylic acids is 2. The normalized spacial score (nSPS) is 13.2. The Morgan fingerprint density at radius 1 is 1.24 bits per heavy atom. The molecule has 3 rings (SSSR count). The van der Waals surface area contributed by atoms with Crippen molar-refractivity contribution in [3.63, 3.8) is 0 Å². The Bertz CT molecular complexity index is 847. The van der Waals surface area contributed by atoms with Gasteiger partial charge in [-0.15, -0.1) is 0 Å². The highest BCUT2D eigenvalue weighted by Gasteiger charge is 2.35. The Hall–Kier alpha value is -2.28. The largest absolute Gasteiger partial charge is 0.353 e. The lowest BCUT2D eigenvalue weighted by Gasteiger charge is -2.28. The maximum absolute atomic E-state index is 13.1. The van der Waals surface area contributed by atoms with Crippen molar-refractivity contribution in [2.24, 2.45) is 7.05 Å². The quantitative estimate of drug-likeness (QED) is 0.593. The summed E-state index contributed by atoms with van der Waals surface area (Å²) >= 11 is 3.42. The summed E-state index contributed by atoms with van der Waals surface area (Å²) in [4.78, 5) is 29.6. The van der Waals surface area contributed by atoms with Gasteiger partial charge in [-0.05, 0) is 49.6 Å². The van der Waals surface area contributed by atoms with Crippen LogP contribution in [0.15, 0.2) is 47.1 Å². The molecule has 1 aliphatic carbocycles. The third kappa shape index (κ3) is 6.10. The van der Waals surface area contributed by atoms with Crippen molar-refractivity contribution < 1.29 is 9.59 Å². The highest BCUT2D eigenvalue weighted by atomic mass is 79.9. The van der Waals surface area contributed by atoms with E-state index in [0.717, 1.165) is 35.8 Å². The fraction of sp³-hybridized carbons (Fsp3) is 0.455. The number of nitrogens with one attached hydrogen (secondary N) is 1. The average molecular weight is 461 g/mol. The van der Waals surface area contributed by atoms with Crippen molar-refractivity contribution in [3.8, 4) is 0 Å². The molecule has 1 aliphatic rings. The van der Waals surface area contributed by atoms with Gasteiger partial charge in [0.2, 0.25) is 5.91 Å². The molecule has 1 heterocycles. The second kappa shape index (κ2) is 9.96. The topological polar surface area (TPSA) is 57.6 Å². The van der Waals surface area contributed by atoms with E-state index in [9.17, 15) is 9.59 Å². The highest BCUT2D eigenvalue weighted by Crippen LogP contribution is 2.28. The summed E-state index contributed by atoms with van der Waals surface area (Å²) in [5.41, 5.74) is 1.81. The van der Waals surface area contributed by atoms with Gasteiger partial charge in [0, 0.05) is 41.7 Å². The van der Waals surface area contributed by atoms with Crippen LogP contribution in [0.1, 0.15) is 38.3 Å². The van der Waals surface area contributed by atoms with E-state index in [1.54, 1.807) is 4.90 Å². The molecule has 1 aromatic carbocycles. The predicted molar refractivity (Wildman–Crippen MR) is 119 cm³/mol. The van der Waals surface area contributed by atoms with Crippen LogP contribution in [0, 0.1) is 0 Å². The number of anilines is 1. The van der Waals surface area contributed by atoms with E-state index in [1.807, 2.05) is 59.1 Å². The van der Waals surface area contributed by atoms with Gasteiger partial charge >= 0.3 is 6.03 Å². The number of amides is 3. The third-order valence-electron chi connectivity index (χ3n) is 5.17. The molecule has 1 N–H and O–H groups in total. The van der Waals surface area contributed by atoms with Crippen LogP contribution in [0.5, 0.6) is 0 Å². The zero-order chi connectivity index (χ0) is 20.8. The summed E-state index contributed by atoms with van der Waals surface area (Å²) in [6, 6.07) is 11.4. The first-order chi connectivity index (χ1) is 14.0. The standard InChI is InChI=1S/C22H29BrN4O2/c1-3-4-13-26(15-20-9-6-12-25(20)2)21(28)16-27(19-10-11-19)22(29)24-18-8-5-7-17(23)14-18/h5-9,12,14,19H,3-4,10-11,13,15-16H2,1-2H3,(H,24,29). The van der Waals surface area contributed by atoms with Gasteiger partial charge < -0.3 is 19.7 Å². The number of unbranched alkanes of at least 4 members (excludes halogenated alkanes) is 1. The lowest BCUT2D eigenvalue weighted by atomic mass is 10.2. The van der Waals surface area contributed by atoms with E-state index < -0.39 is 0 Å². The molecule has 0 unspecified atom stereocenters. The zero-order valence-corrected chi connectivity index (χ0v) is 18.7. The van der Waals surface area contributed by atoms with Crippen molar-refractivity contribution in [3.05, 3.63) is 52.8 Å². The number of urea groups is 1. The van der Waals surface area contributed by atoms with E-state index in [-0.39, 0.29) is 24.5 Å². The molecule has 2 aromatic rings. The maximum atomic E-state index is 13.1. The third-order valence-corrected chi connectivity index (χ3v) is 5.66. The molecule has 1 fully saturated rings. The summed E-state index contributed by atoms with van der Waals surface area (Å²) in [7, 11) is 1.99. The van der Waals surface area contributed by atoms with Crippen LogP contribution >= 0.6 is 15.9 Å². The summed E-state index contributed by atoms with van der Waals surface area (Å²) in [6.45, 7) is 3.49. The Balaban J connectivity index is 1.67. The van der Waals surface area contributed by atoms with Gasteiger partial charge in [0.1, 0.15) is 6.54 Å². The number of benzene rings is 1. The molecule has 1 saturated carbocycles. The van der Waals surface area contributed by atoms with Gasteiger partial charge in [-0.3, -0.25) is 4.79 Å². The molecule has 0 aliphatic heterocycles. The van der Waals surface area contributed by atoms with Crippen molar-refractivity contribution in [1.82, 2.24) is 14.4 Å². The molecule has 0 bridgehead atoms. The Morgan fingerprint density at radius 3 is 2.66 bits per heavy atom. The first-order valence-corrected chi connectivity index (χ1v) is 11.0. The molecular formula is C22H29BrN4O2. The van der Waals surface area contributed by atoms with Gasteiger partial charge in [-0.1, -0.05) is 35.3 Å². The lowest BCUT2D eigenvalue weighted by molar-refractivity contribution is -0.132. The minimum atomic E-state index is -0.215. The van der Waals surface area contributed by atoms with E-state index >= 15 is 0 Å². The minimum Gasteiger partial charge on any atom is -0.353 e. The summed E-state index contributed by atoms with van der Waals surface area (Å²) < 4.78 is 2.93. The monoisotopic (exact) mass is 460 g/mol. The number of aryl methyl sites for hydroxylation is 1. The molecule has 1 aromatic heterocycles. The molecule has 0 radical (unpaired) electrons. The van der Waals surface area contributed by atoms with Gasteiger partial charge in [0.15, 0.2) is 0 Å². The fourth-order valence-electron chi connectivity index (χ4n) is 3.26. The summed E-state index contributed by atoms with van der Waals surface area (Å²) in [5, 5.41) is 2.93. The van der Waals surface area contributed by atoms with E-state index in [0.29, 0.717) is 18.8 Å². The van der Waals surface area contributed by atoms with Crippen molar-refractivity contribution in [2.45, 2.75) is 45.2 Å². The minimum absolute atomic E-state index is 0.00376. The van der Waals surface area contributed by atoms with Crippen LogP contribution in [-0.4, -0.2) is 45.4 Å². The van der Waals surface area contributed by atoms with E-state index in [1.165, 1.54) is 0 Å². The Labute approximate surface area is 181 Å². The lowest BCUT2D eigenvalue weighted by Crippen LogP contribution is -2.45. The Kier molecular flexibility index (Phi) is 7.36. The molecule has 0 spiro atoms. The van der Waals surface area contributed by atoms with Crippen molar-refractivity contribution in [1.29, 1.82) is 0 Å². The number of hydrogen-bond donors (Lipinski definition) is 1. The van der Waals surface area contributed by atoms with Crippen LogP contribution in [0.2, 0.25) is 0 Å². The number of hydrogen-bond acceptors (Lipinski definition) is 2. The zero-order valence-electron chi connectivity index (χ0n) is 17.1. The van der Waals surface area contributed by atoms with Crippen LogP contribution in [0.4, 0.5) is 10.5 Å². The van der Waals surface area contributed by atoms with Crippen LogP contribution in [0.25, 0.3) is 0 Å². The smallest absolute Gasteiger partial charge is 0.322 e.